The van der Waals surface area contributed by atoms with Gasteiger partial charge in [-0.2, -0.15) is 0 Å². The van der Waals surface area contributed by atoms with E-state index in [1.165, 1.54) is 36.1 Å². The summed E-state index contributed by atoms with van der Waals surface area (Å²) in [4.78, 5) is 7.30. The highest BCUT2D eigenvalue weighted by molar-refractivity contribution is 14.1. The summed E-state index contributed by atoms with van der Waals surface area (Å²) in [6, 6.07) is 16.5. The van der Waals surface area contributed by atoms with Gasteiger partial charge in [-0.3, -0.25) is 0 Å². The summed E-state index contributed by atoms with van der Waals surface area (Å²) in [5, 5.41) is 0. The van der Waals surface area contributed by atoms with Gasteiger partial charge in [0.25, 0.3) is 0 Å². The maximum absolute atomic E-state index is 5.43. The van der Waals surface area contributed by atoms with Gasteiger partial charge in [-0.15, -0.1) is 0 Å². The van der Waals surface area contributed by atoms with Crippen LogP contribution >= 0.6 is 22.6 Å². The minimum atomic E-state index is 0.829. The molecule has 2 N–H and O–H groups in total. The van der Waals surface area contributed by atoms with Gasteiger partial charge in [0.1, 0.15) is 5.82 Å². The quantitative estimate of drug-likeness (QED) is 0.281. The van der Waals surface area contributed by atoms with E-state index in [-0.39, 0.29) is 0 Å². The molecular formula is C24H31IN4. The van der Waals surface area contributed by atoms with Gasteiger partial charge in [-0.05, 0) is 69.0 Å². The third-order valence-corrected chi connectivity index (χ3v) is 5.92. The molecule has 4 rings (SSSR count). The van der Waals surface area contributed by atoms with Gasteiger partial charge < -0.3 is 15.2 Å². The Morgan fingerprint density at radius 3 is 2.34 bits per heavy atom. The number of aromatic nitrogens is 2. The van der Waals surface area contributed by atoms with Crippen molar-refractivity contribution in [2.45, 2.75) is 44.1 Å². The topological polar surface area (TPSA) is 47.1 Å². The monoisotopic (exact) mass is 502 g/mol. The molecule has 0 unspecified atom stereocenters. The number of nitrogen functional groups attached to an aromatic ring is 1. The Morgan fingerprint density at radius 2 is 1.69 bits per heavy atom. The van der Waals surface area contributed by atoms with Crippen LogP contribution in [0.3, 0.4) is 0 Å². The first-order chi connectivity index (χ1) is 14.0. The van der Waals surface area contributed by atoms with Crippen molar-refractivity contribution in [2.75, 3.05) is 23.7 Å². The first-order valence-electron chi connectivity index (χ1n) is 10.3. The number of halogens is 1. The molecule has 1 aromatic carbocycles. The highest BCUT2D eigenvalue weighted by atomic mass is 127. The lowest BCUT2D eigenvalue weighted by Gasteiger charge is -2.28. The molecule has 0 atom stereocenters. The van der Waals surface area contributed by atoms with Crippen molar-refractivity contribution in [1.82, 2.24) is 9.55 Å². The van der Waals surface area contributed by atoms with Crippen molar-refractivity contribution >= 4 is 34.1 Å². The van der Waals surface area contributed by atoms with Gasteiger partial charge in [0.05, 0.1) is 12.2 Å². The Morgan fingerprint density at radius 1 is 0.966 bits per heavy atom. The predicted octanol–water partition coefficient (Wildman–Crippen LogP) is 5.74. The predicted molar refractivity (Wildman–Crippen MR) is 132 cm³/mol. The lowest BCUT2D eigenvalue weighted by atomic mass is 10.1. The fourth-order valence-electron chi connectivity index (χ4n) is 3.57. The molecule has 0 bridgehead atoms. The number of rotatable bonds is 4. The van der Waals surface area contributed by atoms with Crippen molar-refractivity contribution in [3.63, 3.8) is 0 Å². The molecule has 29 heavy (non-hydrogen) atoms. The minimum absolute atomic E-state index is 0.829. The van der Waals surface area contributed by atoms with Crippen LogP contribution in [0.5, 0.6) is 0 Å². The number of hydrogen-bond acceptors (Lipinski definition) is 3. The summed E-state index contributed by atoms with van der Waals surface area (Å²) in [6.45, 7) is 7.37. The van der Waals surface area contributed by atoms with Crippen LogP contribution in [0.15, 0.2) is 54.7 Å². The van der Waals surface area contributed by atoms with Crippen LogP contribution in [0.2, 0.25) is 0 Å². The molecule has 2 aromatic heterocycles. The zero-order chi connectivity index (χ0) is 20.6. The van der Waals surface area contributed by atoms with Gasteiger partial charge in [0.2, 0.25) is 0 Å². The molecule has 0 radical (unpaired) electrons. The second-order valence-electron chi connectivity index (χ2n) is 7.72. The van der Waals surface area contributed by atoms with E-state index in [0.29, 0.717) is 0 Å². The average Bonchev–Trinajstić information content (AvgIpc) is 3.10. The molecule has 0 aliphatic carbocycles. The smallest absolute Gasteiger partial charge is 0.128 e. The fourth-order valence-corrected chi connectivity index (χ4v) is 4.23. The van der Waals surface area contributed by atoms with Crippen molar-refractivity contribution in [3.05, 3.63) is 77.2 Å². The molecule has 154 valence electrons. The first-order valence-corrected chi connectivity index (χ1v) is 11.8. The summed E-state index contributed by atoms with van der Waals surface area (Å²) in [7, 11) is 0. The highest BCUT2D eigenvalue weighted by Crippen LogP contribution is 2.19. The Balaban J connectivity index is 0.000000252. The van der Waals surface area contributed by atoms with E-state index in [0.717, 1.165) is 41.3 Å². The van der Waals surface area contributed by atoms with Gasteiger partial charge >= 0.3 is 0 Å². The van der Waals surface area contributed by atoms with Crippen molar-refractivity contribution in [3.8, 4) is 0 Å². The summed E-state index contributed by atoms with van der Waals surface area (Å²) >= 11 is 2.43. The van der Waals surface area contributed by atoms with Crippen LogP contribution in [0.4, 0.5) is 11.5 Å². The van der Waals surface area contributed by atoms with Crippen LogP contribution in [-0.2, 0) is 11.0 Å². The molecule has 1 fully saturated rings. The zero-order valence-corrected chi connectivity index (χ0v) is 19.6. The molecular weight excluding hydrogens is 471 g/mol. The molecule has 1 saturated heterocycles. The zero-order valence-electron chi connectivity index (χ0n) is 17.4. The number of nitrogens with two attached hydrogens (primary N) is 1. The third-order valence-electron chi connectivity index (χ3n) is 5.14. The van der Waals surface area contributed by atoms with Crippen LogP contribution < -0.4 is 10.6 Å². The van der Waals surface area contributed by atoms with E-state index in [1.54, 1.807) is 0 Å². The van der Waals surface area contributed by atoms with E-state index >= 15 is 0 Å². The number of hydrogen-bond donors (Lipinski definition) is 1. The van der Waals surface area contributed by atoms with E-state index in [4.69, 9.17) is 10.7 Å². The SMILES string of the molecule is Cc1cc(CI)n(Cc2cccc(N3CCCCC3)n2)c1.Cc1ccc(N)cc1. The Labute approximate surface area is 188 Å². The third kappa shape index (κ3) is 6.49. The van der Waals surface area contributed by atoms with Gasteiger partial charge in [0, 0.05) is 35.1 Å². The molecule has 1 aliphatic heterocycles. The molecule has 1 aliphatic rings. The molecule has 3 aromatic rings. The molecule has 0 spiro atoms. The summed E-state index contributed by atoms with van der Waals surface area (Å²) in [6.07, 6.45) is 6.17. The van der Waals surface area contributed by atoms with Crippen molar-refractivity contribution < 1.29 is 0 Å². The van der Waals surface area contributed by atoms with E-state index in [1.807, 2.05) is 31.2 Å². The minimum Gasteiger partial charge on any atom is -0.399 e. The maximum Gasteiger partial charge on any atom is 0.128 e. The largest absolute Gasteiger partial charge is 0.399 e. The molecule has 0 saturated carbocycles. The van der Waals surface area contributed by atoms with Crippen molar-refractivity contribution in [1.29, 1.82) is 0 Å². The van der Waals surface area contributed by atoms with Crippen LogP contribution in [0, 0.1) is 13.8 Å². The Kier molecular flexibility index (Phi) is 7.98. The number of alkyl halides is 1. The van der Waals surface area contributed by atoms with E-state index < -0.39 is 0 Å². The Hall–Kier alpha value is -2.02. The lowest BCUT2D eigenvalue weighted by Crippen LogP contribution is -2.30. The van der Waals surface area contributed by atoms with Gasteiger partial charge in [0.15, 0.2) is 0 Å². The second-order valence-corrected chi connectivity index (χ2v) is 8.48. The standard InChI is InChI=1S/C17H22IN3.C7H9N/c1-14-10-16(11-18)21(12-14)13-15-6-5-7-17(19-15)20-8-3-2-4-9-20;1-6-2-4-7(8)5-3-6/h5-7,10,12H,2-4,8-9,11,13H2,1H3;2-5H,8H2,1H3. The van der Waals surface area contributed by atoms with Crippen molar-refractivity contribution in [2.24, 2.45) is 0 Å². The lowest BCUT2D eigenvalue weighted by molar-refractivity contribution is 0.572. The number of benzene rings is 1. The molecule has 5 heteroatoms. The normalized spacial score (nSPS) is 13.7. The van der Waals surface area contributed by atoms with E-state index in [2.05, 4.69) is 69.4 Å². The number of aryl methyl sites for hydroxylation is 2. The number of anilines is 2. The van der Waals surface area contributed by atoms with Gasteiger partial charge in [-0.1, -0.05) is 46.4 Å². The number of pyridine rings is 1. The summed E-state index contributed by atoms with van der Waals surface area (Å²) in [5.74, 6) is 1.15. The fraction of sp³-hybridized carbons (Fsp3) is 0.375. The molecule has 3 heterocycles. The Bertz CT molecular complexity index is 874. The molecule has 4 nitrogen and oxygen atoms in total. The maximum atomic E-state index is 5.43. The van der Waals surface area contributed by atoms with Crippen LogP contribution in [0.1, 0.15) is 41.8 Å². The summed E-state index contributed by atoms with van der Waals surface area (Å²) in [5.41, 5.74) is 11.4. The second kappa shape index (κ2) is 10.7. The number of nitrogens with zero attached hydrogens (tertiary/aromatic N) is 3. The molecule has 0 amide bonds. The summed E-state index contributed by atoms with van der Waals surface area (Å²) < 4.78 is 3.36. The van der Waals surface area contributed by atoms with Crippen LogP contribution in [-0.4, -0.2) is 22.6 Å². The highest BCUT2D eigenvalue weighted by Gasteiger charge is 2.12. The number of piperidine rings is 1. The van der Waals surface area contributed by atoms with Gasteiger partial charge in [-0.25, -0.2) is 4.98 Å². The average molecular weight is 502 g/mol. The van der Waals surface area contributed by atoms with Crippen LogP contribution in [0.25, 0.3) is 0 Å². The first kappa shape index (κ1) is 21.7. The van der Waals surface area contributed by atoms with E-state index in [9.17, 15) is 0 Å².